The van der Waals surface area contributed by atoms with E-state index in [1.54, 1.807) is 24.3 Å². The lowest BCUT2D eigenvalue weighted by atomic mass is 9.80. The van der Waals surface area contributed by atoms with Crippen LogP contribution in [0.1, 0.15) is 30.9 Å². The van der Waals surface area contributed by atoms with Crippen molar-refractivity contribution in [2.24, 2.45) is 5.73 Å². The van der Waals surface area contributed by atoms with Crippen LogP contribution in [-0.2, 0) is 9.53 Å². The van der Waals surface area contributed by atoms with Crippen molar-refractivity contribution >= 4 is 11.5 Å². The molecule has 140 valence electrons. The molecule has 2 heterocycles. The summed E-state index contributed by atoms with van der Waals surface area (Å²) in [6.45, 7) is 0. The third-order valence-corrected chi connectivity index (χ3v) is 4.86. The third kappa shape index (κ3) is 2.83. The molecule has 0 fully saturated rings. The van der Waals surface area contributed by atoms with Gasteiger partial charge >= 0.3 is 0 Å². The van der Waals surface area contributed by atoms with Crippen LogP contribution in [0.4, 0.5) is 5.69 Å². The van der Waals surface area contributed by atoms with Crippen LogP contribution >= 0.6 is 0 Å². The van der Waals surface area contributed by atoms with Gasteiger partial charge in [0.2, 0.25) is 5.88 Å². The highest BCUT2D eigenvalue weighted by molar-refractivity contribution is 5.99. The highest BCUT2D eigenvalue weighted by atomic mass is 16.6. The maximum Gasteiger partial charge on any atom is 0.270 e. The van der Waals surface area contributed by atoms with E-state index in [-0.39, 0.29) is 22.9 Å². The molecule has 0 saturated heterocycles. The molecular formula is C20H15N3O5. The first kappa shape index (κ1) is 17.5. The Morgan fingerprint density at radius 1 is 1.25 bits per heavy atom. The zero-order valence-electron chi connectivity index (χ0n) is 14.7. The summed E-state index contributed by atoms with van der Waals surface area (Å²) >= 11 is 0. The average molecular weight is 377 g/mol. The highest BCUT2D eigenvalue weighted by Crippen LogP contribution is 2.44. The number of benzene rings is 1. The Kier molecular flexibility index (Phi) is 4.20. The first-order valence-electron chi connectivity index (χ1n) is 8.68. The molecular weight excluding hydrogens is 362 g/mol. The minimum atomic E-state index is -0.742. The van der Waals surface area contributed by atoms with E-state index >= 15 is 0 Å². The van der Waals surface area contributed by atoms with E-state index in [0.717, 1.165) is 0 Å². The molecule has 0 bridgehead atoms. The zero-order valence-corrected chi connectivity index (χ0v) is 14.7. The van der Waals surface area contributed by atoms with Crippen LogP contribution in [-0.4, -0.2) is 10.7 Å². The van der Waals surface area contributed by atoms with Gasteiger partial charge in [-0.25, -0.2) is 0 Å². The molecule has 2 aliphatic rings. The molecule has 1 aromatic heterocycles. The van der Waals surface area contributed by atoms with Gasteiger partial charge < -0.3 is 14.9 Å². The van der Waals surface area contributed by atoms with Crippen molar-refractivity contribution in [1.29, 1.82) is 5.26 Å². The van der Waals surface area contributed by atoms with Gasteiger partial charge in [0.05, 0.1) is 10.8 Å². The van der Waals surface area contributed by atoms with Crippen molar-refractivity contribution in [2.75, 3.05) is 0 Å². The van der Waals surface area contributed by atoms with Gasteiger partial charge in [0.15, 0.2) is 5.78 Å². The molecule has 1 atom stereocenters. The number of ether oxygens (including phenoxy) is 1. The summed E-state index contributed by atoms with van der Waals surface area (Å²) in [7, 11) is 0. The molecule has 28 heavy (non-hydrogen) atoms. The number of nitriles is 1. The van der Waals surface area contributed by atoms with E-state index in [2.05, 4.69) is 0 Å². The van der Waals surface area contributed by atoms with E-state index in [0.29, 0.717) is 47.7 Å². The molecule has 0 unspecified atom stereocenters. The topological polar surface area (TPSA) is 132 Å². The van der Waals surface area contributed by atoms with Gasteiger partial charge in [0.1, 0.15) is 28.9 Å². The predicted octanol–water partition coefficient (Wildman–Crippen LogP) is 3.67. The van der Waals surface area contributed by atoms with Crippen molar-refractivity contribution in [2.45, 2.75) is 25.2 Å². The maximum absolute atomic E-state index is 12.5. The van der Waals surface area contributed by atoms with Gasteiger partial charge in [-0.1, -0.05) is 12.1 Å². The van der Waals surface area contributed by atoms with Gasteiger partial charge in [0.25, 0.3) is 5.69 Å². The summed E-state index contributed by atoms with van der Waals surface area (Å²) in [6, 6.07) is 11.4. The lowest BCUT2D eigenvalue weighted by Crippen LogP contribution is -2.27. The summed E-state index contributed by atoms with van der Waals surface area (Å²) < 4.78 is 11.4. The van der Waals surface area contributed by atoms with Crippen LogP contribution in [0.25, 0.3) is 11.3 Å². The quantitative estimate of drug-likeness (QED) is 0.637. The second-order valence-corrected chi connectivity index (χ2v) is 6.55. The Bertz CT molecular complexity index is 1100. The van der Waals surface area contributed by atoms with Gasteiger partial charge in [-0.3, -0.25) is 14.9 Å². The fourth-order valence-corrected chi connectivity index (χ4v) is 3.58. The standard InChI is InChI=1S/C20H15N3O5/c21-10-13-18(19-14(24)5-2-6-16(19)28-20(13)22)17-8-7-15(27-17)11-3-1-4-12(9-11)23(25)26/h1,3-4,7-9,18H,2,5-6,22H2/t18-/m0/s1. The first-order valence-corrected chi connectivity index (χ1v) is 8.68. The Morgan fingerprint density at radius 3 is 2.82 bits per heavy atom. The van der Waals surface area contributed by atoms with E-state index in [1.807, 2.05) is 6.07 Å². The van der Waals surface area contributed by atoms with Crippen molar-refractivity contribution in [3.05, 3.63) is 75.1 Å². The fourth-order valence-electron chi connectivity index (χ4n) is 3.58. The Morgan fingerprint density at radius 2 is 2.07 bits per heavy atom. The number of allylic oxidation sites excluding steroid dienone is 3. The zero-order chi connectivity index (χ0) is 19.8. The monoisotopic (exact) mass is 377 g/mol. The van der Waals surface area contributed by atoms with Crippen molar-refractivity contribution in [3.8, 4) is 17.4 Å². The molecule has 8 heteroatoms. The SMILES string of the molecule is N#CC1=C(N)OC2=C(C(=O)CCC2)[C@@H]1c1ccc(-c2cccc([N+](=O)[O-])c2)o1. The van der Waals surface area contributed by atoms with Gasteiger partial charge in [-0.2, -0.15) is 5.26 Å². The minimum Gasteiger partial charge on any atom is -0.460 e. The second kappa shape index (κ2) is 6.70. The maximum atomic E-state index is 12.5. The summed E-state index contributed by atoms with van der Waals surface area (Å²) in [4.78, 5) is 23.1. The molecule has 0 amide bonds. The van der Waals surface area contributed by atoms with E-state index < -0.39 is 10.8 Å². The largest absolute Gasteiger partial charge is 0.460 e. The van der Waals surface area contributed by atoms with Crippen LogP contribution in [0, 0.1) is 21.4 Å². The lowest BCUT2D eigenvalue weighted by Gasteiger charge is -2.29. The Balaban J connectivity index is 1.80. The molecule has 1 aromatic carbocycles. The van der Waals surface area contributed by atoms with Crippen molar-refractivity contribution in [1.82, 2.24) is 0 Å². The van der Waals surface area contributed by atoms with E-state index in [1.165, 1.54) is 12.1 Å². The van der Waals surface area contributed by atoms with E-state index in [9.17, 15) is 20.2 Å². The van der Waals surface area contributed by atoms with Crippen LogP contribution in [0.15, 0.2) is 63.6 Å². The Hall–Kier alpha value is -3.86. The molecule has 0 saturated carbocycles. The number of hydrogen-bond donors (Lipinski definition) is 1. The molecule has 2 N–H and O–H groups in total. The van der Waals surface area contributed by atoms with Crippen LogP contribution in [0.5, 0.6) is 0 Å². The Labute approximate surface area is 159 Å². The number of nitro groups is 1. The number of non-ortho nitro benzene ring substituents is 1. The minimum absolute atomic E-state index is 0.0331. The van der Waals surface area contributed by atoms with Gasteiger partial charge in [-0.05, 0) is 18.6 Å². The van der Waals surface area contributed by atoms with E-state index in [4.69, 9.17) is 14.9 Å². The van der Waals surface area contributed by atoms with Crippen LogP contribution in [0.3, 0.4) is 0 Å². The second-order valence-electron chi connectivity index (χ2n) is 6.55. The van der Waals surface area contributed by atoms with Crippen molar-refractivity contribution < 1.29 is 18.9 Å². The molecule has 2 aromatic rings. The number of hydrogen-bond acceptors (Lipinski definition) is 7. The first-order chi connectivity index (χ1) is 13.5. The number of carbonyl (C=O) groups is 1. The normalized spacial score (nSPS) is 19.1. The molecule has 1 aliphatic carbocycles. The number of nitrogens with two attached hydrogens (primary N) is 1. The fraction of sp³-hybridized carbons (Fsp3) is 0.200. The number of nitrogens with zero attached hydrogens (tertiary/aromatic N) is 2. The smallest absolute Gasteiger partial charge is 0.270 e. The molecule has 4 rings (SSSR count). The number of Topliss-reactive ketones (excluding diaryl/α,β-unsaturated/α-hetero) is 1. The molecule has 0 spiro atoms. The van der Waals surface area contributed by atoms with Crippen molar-refractivity contribution in [3.63, 3.8) is 0 Å². The number of nitro benzene ring substituents is 1. The summed E-state index contributed by atoms with van der Waals surface area (Å²) in [5, 5.41) is 20.6. The van der Waals surface area contributed by atoms with Gasteiger partial charge in [-0.15, -0.1) is 0 Å². The molecule has 1 aliphatic heterocycles. The molecule has 0 radical (unpaired) electrons. The lowest BCUT2D eigenvalue weighted by molar-refractivity contribution is -0.384. The average Bonchev–Trinajstić information content (AvgIpc) is 3.17. The van der Waals surface area contributed by atoms with Crippen LogP contribution in [0.2, 0.25) is 0 Å². The summed E-state index contributed by atoms with van der Waals surface area (Å²) in [5.74, 6) is 0.368. The molecule has 8 nitrogen and oxygen atoms in total. The predicted molar refractivity (Wildman–Crippen MR) is 97.3 cm³/mol. The number of furan rings is 1. The van der Waals surface area contributed by atoms with Gasteiger partial charge in [0, 0.05) is 36.1 Å². The van der Waals surface area contributed by atoms with Crippen LogP contribution < -0.4 is 5.73 Å². The number of ketones is 1. The number of carbonyl (C=O) groups excluding carboxylic acids is 1. The third-order valence-electron chi connectivity index (χ3n) is 4.86. The highest BCUT2D eigenvalue weighted by Gasteiger charge is 2.39. The summed E-state index contributed by atoms with van der Waals surface area (Å²) in [6.07, 6.45) is 1.60. The summed E-state index contributed by atoms with van der Waals surface area (Å²) in [5.41, 5.74) is 6.89. The number of rotatable bonds is 3.